The standard InChI is InChI=1S/C12H22O3/c13-15-12-9-6-4-2-1-3-5-7-11(14-12)8-10-12/h11,13H,1-10H2. The average molecular weight is 214 g/mol. The molecule has 2 unspecified atom stereocenters. The molecule has 2 fully saturated rings. The van der Waals surface area contributed by atoms with Crippen molar-refractivity contribution in [2.45, 2.75) is 76.1 Å². The van der Waals surface area contributed by atoms with Crippen molar-refractivity contribution in [1.82, 2.24) is 0 Å². The number of fused-ring (bicyclic) bond motifs is 2. The van der Waals surface area contributed by atoms with Crippen molar-refractivity contribution in [3.8, 4) is 0 Å². The molecule has 3 heteroatoms. The molecule has 2 heterocycles. The fourth-order valence-electron chi connectivity index (χ4n) is 2.78. The summed E-state index contributed by atoms with van der Waals surface area (Å²) in [4.78, 5) is 4.62. The summed E-state index contributed by atoms with van der Waals surface area (Å²) in [5, 5.41) is 8.99. The topological polar surface area (TPSA) is 38.7 Å². The lowest BCUT2D eigenvalue weighted by molar-refractivity contribution is -0.400. The summed E-state index contributed by atoms with van der Waals surface area (Å²) in [5.41, 5.74) is 0. The van der Waals surface area contributed by atoms with E-state index in [1.807, 2.05) is 0 Å². The van der Waals surface area contributed by atoms with Gasteiger partial charge in [0.1, 0.15) is 0 Å². The molecular formula is C12H22O3. The summed E-state index contributed by atoms with van der Waals surface area (Å²) in [5.74, 6) is -0.658. The van der Waals surface area contributed by atoms with Gasteiger partial charge < -0.3 is 4.74 Å². The maximum absolute atomic E-state index is 8.99. The van der Waals surface area contributed by atoms with Gasteiger partial charge in [0.2, 0.25) is 5.79 Å². The Morgan fingerprint density at radius 2 is 1.67 bits per heavy atom. The van der Waals surface area contributed by atoms with Gasteiger partial charge in [-0.15, -0.1) is 0 Å². The van der Waals surface area contributed by atoms with E-state index in [4.69, 9.17) is 9.99 Å². The van der Waals surface area contributed by atoms with Crippen LogP contribution in [0.15, 0.2) is 0 Å². The number of ether oxygens (including phenoxy) is 1. The van der Waals surface area contributed by atoms with Crippen LogP contribution in [0, 0.1) is 0 Å². The minimum Gasteiger partial charge on any atom is -0.344 e. The van der Waals surface area contributed by atoms with Crippen molar-refractivity contribution in [2.24, 2.45) is 0 Å². The van der Waals surface area contributed by atoms with Crippen LogP contribution in [-0.4, -0.2) is 17.1 Å². The van der Waals surface area contributed by atoms with Crippen LogP contribution < -0.4 is 0 Å². The van der Waals surface area contributed by atoms with Crippen LogP contribution in [0.3, 0.4) is 0 Å². The van der Waals surface area contributed by atoms with E-state index >= 15 is 0 Å². The molecule has 0 spiro atoms. The molecule has 0 aromatic heterocycles. The van der Waals surface area contributed by atoms with E-state index in [2.05, 4.69) is 4.89 Å². The summed E-state index contributed by atoms with van der Waals surface area (Å²) in [6.07, 6.45) is 11.8. The van der Waals surface area contributed by atoms with Gasteiger partial charge in [-0.25, -0.2) is 10.1 Å². The molecule has 0 aromatic carbocycles. The van der Waals surface area contributed by atoms with E-state index in [9.17, 15) is 0 Å². The van der Waals surface area contributed by atoms with Crippen LogP contribution in [0.2, 0.25) is 0 Å². The molecule has 2 aliphatic heterocycles. The average Bonchev–Trinajstić information content (AvgIpc) is 2.63. The normalized spacial score (nSPS) is 38.6. The van der Waals surface area contributed by atoms with Gasteiger partial charge in [0.15, 0.2) is 0 Å². The third-order valence-electron chi connectivity index (χ3n) is 3.73. The lowest BCUT2D eigenvalue weighted by Gasteiger charge is -2.25. The van der Waals surface area contributed by atoms with E-state index in [1.54, 1.807) is 0 Å². The quantitative estimate of drug-likeness (QED) is 0.536. The van der Waals surface area contributed by atoms with Crippen molar-refractivity contribution in [3.05, 3.63) is 0 Å². The lowest BCUT2D eigenvalue weighted by atomic mass is 9.99. The van der Waals surface area contributed by atoms with Crippen molar-refractivity contribution < 1.29 is 14.9 Å². The molecule has 2 aliphatic rings. The van der Waals surface area contributed by atoms with Gasteiger partial charge in [0, 0.05) is 12.8 Å². The zero-order valence-corrected chi connectivity index (χ0v) is 9.41. The van der Waals surface area contributed by atoms with Crippen molar-refractivity contribution in [1.29, 1.82) is 0 Å². The van der Waals surface area contributed by atoms with Crippen LogP contribution in [0.25, 0.3) is 0 Å². The molecule has 0 aromatic rings. The SMILES string of the molecule is OOC12CCCCCCCCC(CC1)O2. The van der Waals surface area contributed by atoms with Crippen LogP contribution >= 0.6 is 0 Å². The monoisotopic (exact) mass is 214 g/mol. The van der Waals surface area contributed by atoms with Gasteiger partial charge in [-0.1, -0.05) is 32.1 Å². The Kier molecular flexibility index (Phi) is 4.00. The molecular weight excluding hydrogens is 192 g/mol. The zero-order valence-electron chi connectivity index (χ0n) is 9.41. The fourth-order valence-corrected chi connectivity index (χ4v) is 2.78. The minimum atomic E-state index is -0.658. The lowest BCUT2D eigenvalue weighted by Crippen LogP contribution is -2.31. The second-order valence-corrected chi connectivity index (χ2v) is 4.94. The molecule has 2 rings (SSSR count). The summed E-state index contributed by atoms with van der Waals surface area (Å²) in [6.45, 7) is 0. The van der Waals surface area contributed by atoms with Crippen LogP contribution in [0.1, 0.15) is 64.2 Å². The van der Waals surface area contributed by atoms with Crippen LogP contribution in [0.5, 0.6) is 0 Å². The smallest absolute Gasteiger partial charge is 0.201 e. The Balaban J connectivity index is 1.93. The first kappa shape index (κ1) is 11.4. The summed E-state index contributed by atoms with van der Waals surface area (Å²) in [7, 11) is 0. The predicted octanol–water partition coefficient (Wildman–Crippen LogP) is 3.49. The molecule has 0 amide bonds. The molecule has 2 atom stereocenters. The van der Waals surface area contributed by atoms with Crippen LogP contribution in [0.4, 0.5) is 0 Å². The highest BCUT2D eigenvalue weighted by Crippen LogP contribution is 2.37. The predicted molar refractivity (Wildman–Crippen MR) is 57.5 cm³/mol. The van der Waals surface area contributed by atoms with Gasteiger partial charge in [-0.3, -0.25) is 0 Å². The maximum Gasteiger partial charge on any atom is 0.201 e. The van der Waals surface area contributed by atoms with Crippen LogP contribution in [-0.2, 0) is 9.62 Å². The minimum absolute atomic E-state index is 0.315. The second kappa shape index (κ2) is 5.28. The number of hydrogen-bond donors (Lipinski definition) is 1. The van der Waals surface area contributed by atoms with Crippen molar-refractivity contribution in [3.63, 3.8) is 0 Å². The Bertz CT molecular complexity index is 195. The van der Waals surface area contributed by atoms with Gasteiger partial charge in [0.25, 0.3) is 0 Å². The Morgan fingerprint density at radius 1 is 0.933 bits per heavy atom. The largest absolute Gasteiger partial charge is 0.344 e. The summed E-state index contributed by atoms with van der Waals surface area (Å²) in [6, 6.07) is 0. The van der Waals surface area contributed by atoms with E-state index in [1.165, 1.54) is 32.1 Å². The molecule has 0 radical (unpaired) electrons. The maximum atomic E-state index is 8.99. The van der Waals surface area contributed by atoms with Crippen molar-refractivity contribution in [2.75, 3.05) is 0 Å². The van der Waals surface area contributed by atoms with Gasteiger partial charge in [-0.05, 0) is 19.3 Å². The van der Waals surface area contributed by atoms with E-state index in [0.29, 0.717) is 6.10 Å². The second-order valence-electron chi connectivity index (χ2n) is 4.94. The van der Waals surface area contributed by atoms with E-state index in [-0.39, 0.29) is 0 Å². The first-order valence-electron chi connectivity index (χ1n) is 6.35. The summed E-state index contributed by atoms with van der Waals surface area (Å²) >= 11 is 0. The molecule has 2 bridgehead atoms. The Hall–Kier alpha value is -0.120. The van der Waals surface area contributed by atoms with Gasteiger partial charge >= 0.3 is 0 Å². The van der Waals surface area contributed by atoms with Gasteiger partial charge in [-0.2, -0.15) is 0 Å². The first-order chi connectivity index (χ1) is 7.35. The molecule has 3 nitrogen and oxygen atoms in total. The highest BCUT2D eigenvalue weighted by molar-refractivity contribution is 4.81. The number of hydrogen-bond acceptors (Lipinski definition) is 3. The zero-order chi connectivity index (χ0) is 10.6. The Labute approximate surface area is 91.7 Å². The molecule has 0 aliphatic carbocycles. The fraction of sp³-hybridized carbons (Fsp3) is 1.00. The molecule has 88 valence electrons. The summed E-state index contributed by atoms with van der Waals surface area (Å²) < 4.78 is 5.86. The van der Waals surface area contributed by atoms with Gasteiger partial charge in [0.05, 0.1) is 6.10 Å². The third-order valence-corrected chi connectivity index (χ3v) is 3.73. The van der Waals surface area contributed by atoms with E-state index in [0.717, 1.165) is 32.1 Å². The molecule has 2 saturated heterocycles. The highest BCUT2D eigenvalue weighted by atomic mass is 17.1. The van der Waals surface area contributed by atoms with E-state index < -0.39 is 5.79 Å². The Morgan fingerprint density at radius 3 is 2.47 bits per heavy atom. The molecule has 1 N–H and O–H groups in total. The molecule has 15 heavy (non-hydrogen) atoms. The highest BCUT2D eigenvalue weighted by Gasteiger charge is 2.41. The third kappa shape index (κ3) is 2.92. The number of rotatable bonds is 1. The van der Waals surface area contributed by atoms with Crippen molar-refractivity contribution >= 4 is 0 Å². The first-order valence-corrected chi connectivity index (χ1v) is 6.35. The molecule has 0 saturated carbocycles.